The molecule has 0 saturated carbocycles. The smallest absolute Gasteiger partial charge is 0.163 e. The van der Waals surface area contributed by atoms with E-state index in [0.29, 0.717) is 13.2 Å². The van der Waals surface area contributed by atoms with Crippen LogP contribution in [0.5, 0.6) is 5.75 Å². The summed E-state index contributed by atoms with van der Waals surface area (Å²) < 4.78 is 16.7. The molecular weight excluding hydrogens is 248 g/mol. The summed E-state index contributed by atoms with van der Waals surface area (Å²) in [6.07, 6.45) is 1.15. The highest BCUT2D eigenvalue weighted by atomic mass is 16.7. The van der Waals surface area contributed by atoms with Gasteiger partial charge in [0.15, 0.2) is 5.79 Å². The molecule has 2 N–H and O–H groups in total. The predicted molar refractivity (Wildman–Crippen MR) is 69.9 cm³/mol. The lowest BCUT2D eigenvalue weighted by atomic mass is 10.3. The number of hydrogen-bond acceptors (Lipinski definition) is 5. The molecule has 0 aromatic heterocycles. The SMILES string of the molecule is CC1(C)OCC(COc2ccc(N=CNO)cc2)O1. The first-order valence-electron chi connectivity index (χ1n) is 6.06. The van der Waals surface area contributed by atoms with Crippen LogP contribution in [-0.4, -0.2) is 36.7 Å². The Morgan fingerprint density at radius 2 is 2.21 bits per heavy atom. The van der Waals surface area contributed by atoms with Gasteiger partial charge in [0.25, 0.3) is 0 Å². The molecule has 1 aliphatic rings. The van der Waals surface area contributed by atoms with Crippen molar-refractivity contribution in [2.24, 2.45) is 4.99 Å². The van der Waals surface area contributed by atoms with Gasteiger partial charge in [0.2, 0.25) is 0 Å². The summed E-state index contributed by atoms with van der Waals surface area (Å²) in [5, 5.41) is 8.38. The number of hydroxylamine groups is 1. The normalized spacial score (nSPS) is 21.7. The van der Waals surface area contributed by atoms with Gasteiger partial charge in [-0.05, 0) is 38.1 Å². The average molecular weight is 266 g/mol. The van der Waals surface area contributed by atoms with Gasteiger partial charge in [-0.1, -0.05) is 0 Å². The Balaban J connectivity index is 1.82. The summed E-state index contributed by atoms with van der Waals surface area (Å²) in [5.74, 6) is 0.216. The van der Waals surface area contributed by atoms with Crippen molar-refractivity contribution in [2.45, 2.75) is 25.7 Å². The number of nitrogens with zero attached hydrogens (tertiary/aromatic N) is 1. The van der Waals surface area contributed by atoms with E-state index in [1.807, 2.05) is 31.5 Å². The Kier molecular flexibility index (Phi) is 4.36. The zero-order chi connectivity index (χ0) is 13.7. The van der Waals surface area contributed by atoms with E-state index < -0.39 is 5.79 Å². The summed E-state index contributed by atoms with van der Waals surface area (Å²) in [5.41, 5.74) is 2.57. The third kappa shape index (κ3) is 4.20. The van der Waals surface area contributed by atoms with Crippen molar-refractivity contribution in [2.75, 3.05) is 13.2 Å². The second kappa shape index (κ2) is 6.01. The van der Waals surface area contributed by atoms with Crippen LogP contribution in [0.4, 0.5) is 5.69 Å². The molecule has 0 bridgehead atoms. The van der Waals surface area contributed by atoms with Crippen molar-refractivity contribution in [1.29, 1.82) is 0 Å². The fraction of sp³-hybridized carbons (Fsp3) is 0.462. The molecule has 2 rings (SSSR count). The Hall–Kier alpha value is -1.63. The fourth-order valence-electron chi connectivity index (χ4n) is 1.77. The topological polar surface area (TPSA) is 72.3 Å². The van der Waals surface area contributed by atoms with Gasteiger partial charge in [-0.25, -0.2) is 4.99 Å². The molecular formula is C13H18N2O4. The summed E-state index contributed by atoms with van der Waals surface area (Å²) in [4.78, 5) is 3.94. The minimum Gasteiger partial charge on any atom is -0.491 e. The monoisotopic (exact) mass is 266 g/mol. The van der Waals surface area contributed by atoms with Gasteiger partial charge in [-0.3, -0.25) is 10.7 Å². The second-order valence-corrected chi connectivity index (χ2v) is 4.64. The van der Waals surface area contributed by atoms with Crippen molar-refractivity contribution >= 4 is 12.0 Å². The zero-order valence-electron chi connectivity index (χ0n) is 11.0. The largest absolute Gasteiger partial charge is 0.491 e. The average Bonchev–Trinajstić information content (AvgIpc) is 2.75. The van der Waals surface area contributed by atoms with E-state index in [1.165, 1.54) is 6.34 Å². The van der Waals surface area contributed by atoms with Gasteiger partial charge in [-0.15, -0.1) is 0 Å². The Morgan fingerprint density at radius 3 is 2.79 bits per heavy atom. The molecule has 1 unspecified atom stereocenters. The molecule has 6 heteroatoms. The Morgan fingerprint density at radius 1 is 1.47 bits per heavy atom. The highest BCUT2D eigenvalue weighted by molar-refractivity contribution is 5.59. The molecule has 1 aromatic carbocycles. The van der Waals surface area contributed by atoms with E-state index in [0.717, 1.165) is 11.4 Å². The fourth-order valence-corrected chi connectivity index (χ4v) is 1.77. The molecule has 1 heterocycles. The van der Waals surface area contributed by atoms with E-state index in [9.17, 15) is 0 Å². The molecule has 1 aromatic rings. The number of ether oxygens (including phenoxy) is 3. The van der Waals surface area contributed by atoms with Crippen molar-refractivity contribution in [1.82, 2.24) is 5.48 Å². The van der Waals surface area contributed by atoms with E-state index >= 15 is 0 Å². The van der Waals surface area contributed by atoms with Crippen molar-refractivity contribution < 1.29 is 19.4 Å². The first-order chi connectivity index (χ1) is 9.09. The van der Waals surface area contributed by atoms with Crippen molar-refractivity contribution in [3.8, 4) is 5.75 Å². The van der Waals surface area contributed by atoms with E-state index in [4.69, 9.17) is 19.4 Å². The maximum absolute atomic E-state index is 8.38. The molecule has 0 radical (unpaired) electrons. The van der Waals surface area contributed by atoms with Crippen LogP contribution in [0.25, 0.3) is 0 Å². The van der Waals surface area contributed by atoms with E-state index in [2.05, 4.69) is 4.99 Å². The van der Waals surface area contributed by atoms with E-state index in [-0.39, 0.29) is 6.10 Å². The second-order valence-electron chi connectivity index (χ2n) is 4.64. The Labute approximate surface area is 112 Å². The first-order valence-corrected chi connectivity index (χ1v) is 6.06. The molecule has 6 nitrogen and oxygen atoms in total. The lowest BCUT2D eigenvalue weighted by molar-refractivity contribution is -0.141. The third-order valence-corrected chi connectivity index (χ3v) is 2.61. The van der Waals surface area contributed by atoms with Crippen LogP contribution in [0.1, 0.15) is 13.8 Å². The zero-order valence-corrected chi connectivity index (χ0v) is 11.0. The van der Waals surface area contributed by atoms with Gasteiger partial charge in [-0.2, -0.15) is 0 Å². The van der Waals surface area contributed by atoms with Crippen LogP contribution in [0, 0.1) is 0 Å². The van der Waals surface area contributed by atoms with Crippen LogP contribution >= 0.6 is 0 Å². The molecule has 1 fully saturated rings. The predicted octanol–water partition coefficient (Wildman–Crippen LogP) is 1.86. The summed E-state index contributed by atoms with van der Waals surface area (Å²) in [6.45, 7) is 4.76. The van der Waals surface area contributed by atoms with Crippen LogP contribution < -0.4 is 10.2 Å². The maximum atomic E-state index is 8.38. The maximum Gasteiger partial charge on any atom is 0.163 e. The summed E-state index contributed by atoms with van der Waals surface area (Å²) >= 11 is 0. The molecule has 19 heavy (non-hydrogen) atoms. The molecule has 0 aliphatic carbocycles. The molecule has 1 atom stereocenters. The molecule has 0 amide bonds. The number of aliphatic imine (C=N–C) groups is 1. The van der Waals surface area contributed by atoms with Crippen LogP contribution in [0.2, 0.25) is 0 Å². The minimum absolute atomic E-state index is 0.0497. The van der Waals surface area contributed by atoms with Gasteiger partial charge in [0.05, 0.1) is 12.3 Å². The molecule has 0 spiro atoms. The van der Waals surface area contributed by atoms with Gasteiger partial charge in [0, 0.05) is 0 Å². The van der Waals surface area contributed by atoms with Gasteiger partial charge in [0.1, 0.15) is 24.8 Å². The molecule has 104 valence electrons. The standard InChI is InChI=1S/C13H18N2O4/c1-13(2)18-8-12(19-13)7-17-11-5-3-10(4-6-11)14-9-15-16/h3-6,9,12,16H,7-8H2,1-2H3,(H,14,15). The van der Waals surface area contributed by atoms with Crippen LogP contribution in [-0.2, 0) is 9.47 Å². The number of hydrogen-bond donors (Lipinski definition) is 2. The van der Waals surface area contributed by atoms with E-state index in [1.54, 1.807) is 12.1 Å². The summed E-state index contributed by atoms with van der Waals surface area (Å²) in [6, 6.07) is 7.20. The lowest BCUT2D eigenvalue weighted by Gasteiger charge is -2.17. The third-order valence-electron chi connectivity index (χ3n) is 2.61. The minimum atomic E-state index is -0.524. The van der Waals surface area contributed by atoms with Gasteiger partial charge >= 0.3 is 0 Å². The van der Waals surface area contributed by atoms with Gasteiger partial charge < -0.3 is 14.2 Å². The number of benzene rings is 1. The molecule has 1 saturated heterocycles. The number of rotatable bonds is 5. The van der Waals surface area contributed by atoms with Crippen LogP contribution in [0.3, 0.4) is 0 Å². The quantitative estimate of drug-likeness (QED) is 0.483. The van der Waals surface area contributed by atoms with Crippen molar-refractivity contribution in [3.63, 3.8) is 0 Å². The lowest BCUT2D eigenvalue weighted by Crippen LogP contribution is -2.25. The Bertz CT molecular complexity index is 431. The summed E-state index contributed by atoms with van der Waals surface area (Å²) in [7, 11) is 0. The highest BCUT2D eigenvalue weighted by Gasteiger charge is 2.32. The highest BCUT2D eigenvalue weighted by Crippen LogP contribution is 2.23. The number of nitrogens with one attached hydrogen (secondary N) is 1. The van der Waals surface area contributed by atoms with Crippen molar-refractivity contribution in [3.05, 3.63) is 24.3 Å². The molecule has 1 aliphatic heterocycles. The van der Waals surface area contributed by atoms with Crippen LogP contribution in [0.15, 0.2) is 29.3 Å². The first kappa shape index (κ1) is 13.8.